The number of hydrogen-bond acceptors (Lipinski definition) is 2. The van der Waals surface area contributed by atoms with E-state index in [9.17, 15) is 13.6 Å². The van der Waals surface area contributed by atoms with E-state index in [1.54, 1.807) is 6.92 Å². The van der Waals surface area contributed by atoms with E-state index in [-0.39, 0.29) is 11.3 Å². The molecule has 0 radical (unpaired) electrons. The van der Waals surface area contributed by atoms with Crippen LogP contribution in [0.5, 0.6) is 0 Å². The van der Waals surface area contributed by atoms with Crippen LogP contribution in [0.1, 0.15) is 37.0 Å². The number of carbonyl (C=O) groups excluding carboxylic acids is 1. The highest BCUT2D eigenvalue weighted by atomic mass is 19.1. The summed E-state index contributed by atoms with van der Waals surface area (Å²) in [5.41, 5.74) is -0.167. The number of anilines is 1. The Kier molecular flexibility index (Phi) is 4.57. The molecule has 0 aliphatic heterocycles. The molecule has 1 atom stereocenters. The lowest BCUT2D eigenvalue weighted by Gasteiger charge is -2.12. The van der Waals surface area contributed by atoms with Gasteiger partial charge >= 0.3 is 0 Å². The van der Waals surface area contributed by atoms with Gasteiger partial charge in [0.05, 0.1) is 0 Å². The Morgan fingerprint density at radius 3 is 2.45 bits per heavy atom. The van der Waals surface area contributed by atoms with Crippen LogP contribution in [0.3, 0.4) is 0 Å². The monoisotopic (exact) mass is 282 g/mol. The van der Waals surface area contributed by atoms with Gasteiger partial charge in [-0.3, -0.25) is 4.79 Å². The minimum atomic E-state index is -0.743. The van der Waals surface area contributed by atoms with Gasteiger partial charge in [0.2, 0.25) is 0 Å². The smallest absolute Gasteiger partial charge is 0.251 e. The summed E-state index contributed by atoms with van der Waals surface area (Å²) < 4.78 is 27.4. The number of halogens is 2. The Balaban J connectivity index is 2.02. The van der Waals surface area contributed by atoms with E-state index >= 15 is 0 Å². The van der Waals surface area contributed by atoms with Gasteiger partial charge in [-0.2, -0.15) is 0 Å². The van der Waals surface area contributed by atoms with Crippen molar-refractivity contribution in [3.8, 4) is 0 Å². The molecule has 2 N–H and O–H groups in total. The Bertz CT molecular complexity index is 478. The molecular weight excluding hydrogens is 262 g/mol. The molecule has 5 heteroatoms. The molecule has 1 aliphatic rings. The first-order valence-corrected chi connectivity index (χ1v) is 7.04. The number of nitrogens with one attached hydrogen (secondary N) is 2. The standard InChI is InChI=1S/C15H20F2N2O/c1-3-18-14-12(16)6-11(7-13(14)17)15(20)19-8-9(2)10-4-5-10/h6-7,9-10,18H,3-5,8H2,1-2H3,(H,19,20). The fourth-order valence-electron chi connectivity index (χ4n) is 2.24. The van der Waals surface area contributed by atoms with Gasteiger partial charge in [-0.15, -0.1) is 0 Å². The maximum absolute atomic E-state index is 13.7. The predicted molar refractivity (Wildman–Crippen MR) is 74.7 cm³/mol. The summed E-state index contributed by atoms with van der Waals surface area (Å²) in [6.45, 7) is 4.78. The first-order valence-electron chi connectivity index (χ1n) is 7.04. The molecule has 3 nitrogen and oxygen atoms in total. The molecule has 1 aromatic carbocycles. The summed E-state index contributed by atoms with van der Waals surface area (Å²) in [4.78, 5) is 11.9. The van der Waals surface area contributed by atoms with Crippen LogP contribution in [0.2, 0.25) is 0 Å². The van der Waals surface area contributed by atoms with Crippen LogP contribution in [0.15, 0.2) is 12.1 Å². The summed E-state index contributed by atoms with van der Waals surface area (Å²) in [6.07, 6.45) is 2.41. The molecule has 1 unspecified atom stereocenters. The zero-order valence-electron chi connectivity index (χ0n) is 11.8. The minimum absolute atomic E-state index is 0.0182. The highest BCUT2D eigenvalue weighted by molar-refractivity contribution is 5.94. The van der Waals surface area contributed by atoms with Crippen LogP contribution in [0.25, 0.3) is 0 Å². The van der Waals surface area contributed by atoms with Gasteiger partial charge in [0, 0.05) is 18.7 Å². The second kappa shape index (κ2) is 6.20. The maximum atomic E-state index is 13.7. The summed E-state index contributed by atoms with van der Waals surface area (Å²) in [7, 11) is 0. The van der Waals surface area contributed by atoms with E-state index < -0.39 is 17.5 Å². The average Bonchev–Trinajstić information content (AvgIpc) is 3.24. The number of rotatable bonds is 6. The van der Waals surface area contributed by atoms with Crippen molar-refractivity contribution < 1.29 is 13.6 Å². The molecular formula is C15H20F2N2O. The zero-order chi connectivity index (χ0) is 14.7. The van der Waals surface area contributed by atoms with E-state index in [1.165, 1.54) is 12.8 Å². The van der Waals surface area contributed by atoms with Crippen molar-refractivity contribution in [3.63, 3.8) is 0 Å². The molecule has 0 bridgehead atoms. The number of carbonyl (C=O) groups is 1. The first-order chi connectivity index (χ1) is 9.52. The van der Waals surface area contributed by atoms with Crippen LogP contribution in [-0.2, 0) is 0 Å². The van der Waals surface area contributed by atoms with Gasteiger partial charge in [-0.1, -0.05) is 6.92 Å². The zero-order valence-corrected chi connectivity index (χ0v) is 11.8. The SMILES string of the molecule is CCNc1c(F)cc(C(=O)NCC(C)C2CC2)cc1F. The summed E-state index contributed by atoms with van der Waals surface area (Å²) >= 11 is 0. The van der Waals surface area contributed by atoms with Crippen LogP contribution in [0, 0.1) is 23.5 Å². The third-order valence-electron chi connectivity index (χ3n) is 3.67. The molecule has 1 amide bonds. The van der Waals surface area contributed by atoms with Crippen molar-refractivity contribution in [2.24, 2.45) is 11.8 Å². The molecule has 0 spiro atoms. The van der Waals surface area contributed by atoms with Gasteiger partial charge in [0.25, 0.3) is 5.91 Å². The van der Waals surface area contributed by atoms with Crippen molar-refractivity contribution in [1.29, 1.82) is 0 Å². The molecule has 0 heterocycles. The van der Waals surface area contributed by atoms with Crippen molar-refractivity contribution in [3.05, 3.63) is 29.3 Å². The van der Waals surface area contributed by atoms with Gasteiger partial charge < -0.3 is 10.6 Å². The fourth-order valence-corrected chi connectivity index (χ4v) is 2.24. The molecule has 20 heavy (non-hydrogen) atoms. The molecule has 1 fully saturated rings. The Morgan fingerprint density at radius 1 is 1.35 bits per heavy atom. The molecule has 1 aliphatic carbocycles. The summed E-state index contributed by atoms with van der Waals surface area (Å²) in [6, 6.07) is 2.14. The van der Waals surface area contributed by atoms with Crippen LogP contribution >= 0.6 is 0 Å². The third-order valence-corrected chi connectivity index (χ3v) is 3.67. The predicted octanol–water partition coefficient (Wildman–Crippen LogP) is 3.17. The van der Waals surface area contributed by atoms with Gasteiger partial charge in [0.15, 0.2) is 0 Å². The lowest BCUT2D eigenvalue weighted by molar-refractivity contribution is 0.0946. The minimum Gasteiger partial charge on any atom is -0.381 e. The van der Waals surface area contributed by atoms with E-state index in [0.29, 0.717) is 24.9 Å². The Labute approximate surface area is 117 Å². The number of amides is 1. The largest absolute Gasteiger partial charge is 0.381 e. The fraction of sp³-hybridized carbons (Fsp3) is 0.533. The summed E-state index contributed by atoms with van der Waals surface area (Å²) in [5, 5.41) is 5.34. The van der Waals surface area contributed by atoms with Crippen LogP contribution in [-0.4, -0.2) is 19.0 Å². The Morgan fingerprint density at radius 2 is 1.95 bits per heavy atom. The second-order valence-electron chi connectivity index (χ2n) is 5.37. The van der Waals surface area contributed by atoms with Gasteiger partial charge in [0.1, 0.15) is 17.3 Å². The Hall–Kier alpha value is -1.65. The topological polar surface area (TPSA) is 41.1 Å². The van der Waals surface area contributed by atoms with Crippen molar-refractivity contribution in [1.82, 2.24) is 5.32 Å². The van der Waals surface area contributed by atoms with E-state index in [2.05, 4.69) is 17.6 Å². The molecule has 0 aromatic heterocycles. The number of benzene rings is 1. The van der Waals surface area contributed by atoms with E-state index in [4.69, 9.17) is 0 Å². The van der Waals surface area contributed by atoms with Crippen LogP contribution < -0.4 is 10.6 Å². The third kappa shape index (κ3) is 3.46. The molecule has 1 aromatic rings. The first kappa shape index (κ1) is 14.8. The van der Waals surface area contributed by atoms with Gasteiger partial charge in [-0.05, 0) is 43.7 Å². The molecule has 2 rings (SSSR count). The van der Waals surface area contributed by atoms with E-state index in [0.717, 1.165) is 12.1 Å². The molecule has 1 saturated carbocycles. The normalized spacial score (nSPS) is 15.8. The highest BCUT2D eigenvalue weighted by Crippen LogP contribution is 2.36. The van der Waals surface area contributed by atoms with Crippen LogP contribution in [0.4, 0.5) is 14.5 Å². The summed E-state index contributed by atoms with van der Waals surface area (Å²) in [5.74, 6) is -0.826. The van der Waals surface area contributed by atoms with Crippen molar-refractivity contribution in [2.75, 3.05) is 18.4 Å². The quantitative estimate of drug-likeness (QED) is 0.841. The van der Waals surface area contributed by atoms with Crippen molar-refractivity contribution >= 4 is 11.6 Å². The number of hydrogen-bond donors (Lipinski definition) is 2. The lowest BCUT2D eigenvalue weighted by Crippen LogP contribution is -2.29. The van der Waals surface area contributed by atoms with Crippen molar-refractivity contribution in [2.45, 2.75) is 26.7 Å². The maximum Gasteiger partial charge on any atom is 0.251 e. The lowest BCUT2D eigenvalue weighted by atomic mass is 10.1. The van der Waals surface area contributed by atoms with E-state index in [1.807, 2.05) is 0 Å². The molecule has 110 valence electrons. The molecule has 0 saturated heterocycles. The van der Waals surface area contributed by atoms with Gasteiger partial charge in [-0.25, -0.2) is 8.78 Å². The highest BCUT2D eigenvalue weighted by Gasteiger charge is 2.28. The second-order valence-corrected chi connectivity index (χ2v) is 5.37. The average molecular weight is 282 g/mol.